The molecule has 2 heterocycles. The standard InChI is InChI=1S/C24H26FN7O3/c1-16(25)12-28-24(35)21-13-27-23-20(26-2)11-22(30-32(21)23)29-18(15-34)5-4-10-31(3)19-8-6-17(14-33)7-9-19/h4-11,13-16,26H,12H2,1-3H3,(H,28,35)(H,29,30)/b10-4-,18-5+. The fourth-order valence-corrected chi connectivity index (χ4v) is 3.10. The van der Waals surface area contributed by atoms with Crippen LogP contribution in [0.25, 0.3) is 5.65 Å². The highest BCUT2D eigenvalue weighted by Gasteiger charge is 2.17. The monoisotopic (exact) mass is 479 g/mol. The summed E-state index contributed by atoms with van der Waals surface area (Å²) in [5.74, 6) is -0.232. The van der Waals surface area contributed by atoms with Crippen molar-refractivity contribution in [2.75, 3.05) is 36.2 Å². The van der Waals surface area contributed by atoms with Crippen LogP contribution in [0, 0.1) is 0 Å². The lowest BCUT2D eigenvalue weighted by Gasteiger charge is -2.13. The molecule has 0 spiro atoms. The molecule has 10 nitrogen and oxygen atoms in total. The van der Waals surface area contributed by atoms with Crippen molar-refractivity contribution >= 4 is 41.3 Å². The lowest BCUT2D eigenvalue weighted by Crippen LogP contribution is -2.30. The molecular formula is C24H26FN7O3. The lowest BCUT2D eigenvalue weighted by molar-refractivity contribution is -0.104. The molecule has 0 saturated heterocycles. The number of rotatable bonds is 11. The predicted octanol–water partition coefficient (Wildman–Crippen LogP) is 2.82. The number of nitrogens with zero attached hydrogens (tertiary/aromatic N) is 4. The Kier molecular flexibility index (Phi) is 8.28. The maximum atomic E-state index is 13.1. The van der Waals surface area contributed by atoms with Crippen LogP contribution in [0.3, 0.4) is 0 Å². The van der Waals surface area contributed by atoms with E-state index in [4.69, 9.17) is 0 Å². The number of aromatic nitrogens is 3. The van der Waals surface area contributed by atoms with Crippen LogP contribution in [0.2, 0.25) is 0 Å². The molecule has 1 unspecified atom stereocenters. The molecule has 0 aliphatic heterocycles. The van der Waals surface area contributed by atoms with Crippen molar-refractivity contribution in [1.82, 2.24) is 19.9 Å². The molecule has 3 aromatic rings. The van der Waals surface area contributed by atoms with Crippen LogP contribution in [-0.4, -0.2) is 59.9 Å². The van der Waals surface area contributed by atoms with Crippen LogP contribution in [-0.2, 0) is 4.79 Å². The van der Waals surface area contributed by atoms with Crippen LogP contribution < -0.4 is 20.9 Å². The number of imidazole rings is 1. The summed E-state index contributed by atoms with van der Waals surface area (Å²) in [5, 5.41) is 12.8. The summed E-state index contributed by atoms with van der Waals surface area (Å²) in [7, 11) is 3.52. The van der Waals surface area contributed by atoms with Gasteiger partial charge in [0.15, 0.2) is 23.4 Å². The Balaban J connectivity index is 1.81. The fourth-order valence-electron chi connectivity index (χ4n) is 3.10. The van der Waals surface area contributed by atoms with Gasteiger partial charge in [0.05, 0.1) is 17.6 Å². The van der Waals surface area contributed by atoms with Crippen LogP contribution >= 0.6 is 0 Å². The molecule has 0 bridgehead atoms. The van der Waals surface area contributed by atoms with Crippen molar-refractivity contribution in [3.05, 3.63) is 71.8 Å². The first kappa shape index (κ1) is 25.1. The number of fused-ring (bicyclic) bond motifs is 1. The Morgan fingerprint density at radius 3 is 2.63 bits per heavy atom. The summed E-state index contributed by atoms with van der Waals surface area (Å²) in [5.41, 5.74) is 2.76. The largest absolute Gasteiger partial charge is 0.385 e. The topological polar surface area (TPSA) is 121 Å². The van der Waals surface area contributed by atoms with Crippen molar-refractivity contribution in [2.45, 2.75) is 13.1 Å². The van der Waals surface area contributed by atoms with Crippen molar-refractivity contribution in [2.24, 2.45) is 0 Å². The van der Waals surface area contributed by atoms with E-state index in [-0.39, 0.29) is 23.8 Å². The van der Waals surface area contributed by atoms with Crippen molar-refractivity contribution in [3.63, 3.8) is 0 Å². The SMILES string of the molecule is CNc1cc(N/C(C=O)=C/C=C\N(C)c2ccc(C=O)cc2)nn2c(C(=O)NCC(C)F)cnc12. The normalized spacial score (nSPS) is 12.4. The van der Waals surface area contributed by atoms with E-state index in [1.807, 2.05) is 24.1 Å². The number of hydrogen-bond acceptors (Lipinski definition) is 8. The quantitative estimate of drug-likeness (QED) is 0.218. The summed E-state index contributed by atoms with van der Waals surface area (Å²) in [6.45, 7) is 1.21. The van der Waals surface area contributed by atoms with Gasteiger partial charge in [-0.05, 0) is 43.3 Å². The predicted molar refractivity (Wildman–Crippen MR) is 133 cm³/mol. The van der Waals surface area contributed by atoms with Crippen LogP contribution in [0.4, 0.5) is 21.6 Å². The van der Waals surface area contributed by atoms with E-state index in [0.717, 1.165) is 12.0 Å². The Bertz CT molecular complexity index is 1270. The first-order valence-electron chi connectivity index (χ1n) is 10.7. The molecule has 0 radical (unpaired) electrons. The first-order chi connectivity index (χ1) is 16.9. The first-order valence-corrected chi connectivity index (χ1v) is 10.7. The van der Waals surface area contributed by atoms with E-state index in [1.54, 1.807) is 43.6 Å². The smallest absolute Gasteiger partial charge is 0.271 e. The van der Waals surface area contributed by atoms with E-state index >= 15 is 0 Å². The highest BCUT2D eigenvalue weighted by Crippen LogP contribution is 2.21. The number of carbonyl (C=O) groups excluding carboxylic acids is 3. The third kappa shape index (κ3) is 6.28. The van der Waals surface area contributed by atoms with Gasteiger partial charge in [-0.15, -0.1) is 5.10 Å². The van der Waals surface area contributed by atoms with E-state index < -0.39 is 12.1 Å². The summed E-state index contributed by atoms with van der Waals surface area (Å²) in [6, 6.07) is 8.69. The number of allylic oxidation sites excluding steroid dienone is 3. The number of halogens is 1. The zero-order valence-electron chi connectivity index (χ0n) is 19.5. The Hall–Kier alpha value is -4.54. The van der Waals surface area contributed by atoms with E-state index in [1.165, 1.54) is 17.6 Å². The highest BCUT2D eigenvalue weighted by atomic mass is 19.1. The minimum Gasteiger partial charge on any atom is -0.385 e. The summed E-state index contributed by atoms with van der Waals surface area (Å²) in [4.78, 5) is 40.9. The summed E-state index contributed by atoms with van der Waals surface area (Å²) in [6.07, 6.45) is 6.56. The lowest BCUT2D eigenvalue weighted by atomic mass is 10.2. The maximum Gasteiger partial charge on any atom is 0.271 e. The number of nitrogens with one attached hydrogen (secondary N) is 3. The molecule has 3 N–H and O–H groups in total. The zero-order chi connectivity index (χ0) is 25.4. The van der Waals surface area contributed by atoms with Gasteiger partial charge in [0, 0.05) is 44.2 Å². The second-order valence-corrected chi connectivity index (χ2v) is 7.59. The number of aldehydes is 2. The third-order valence-electron chi connectivity index (χ3n) is 4.93. The summed E-state index contributed by atoms with van der Waals surface area (Å²) < 4.78 is 14.4. The van der Waals surface area contributed by atoms with E-state index in [9.17, 15) is 18.8 Å². The maximum absolute atomic E-state index is 13.1. The van der Waals surface area contributed by atoms with Gasteiger partial charge < -0.3 is 20.9 Å². The van der Waals surface area contributed by atoms with E-state index in [0.29, 0.717) is 23.2 Å². The molecule has 3 rings (SSSR count). The van der Waals surface area contributed by atoms with Gasteiger partial charge in [-0.2, -0.15) is 0 Å². The van der Waals surface area contributed by atoms with Gasteiger partial charge in [-0.3, -0.25) is 14.4 Å². The second-order valence-electron chi connectivity index (χ2n) is 7.59. The molecule has 1 aromatic carbocycles. The van der Waals surface area contributed by atoms with Crippen LogP contribution in [0.15, 0.2) is 60.6 Å². The molecule has 182 valence electrons. The van der Waals surface area contributed by atoms with Crippen LogP contribution in [0.1, 0.15) is 27.8 Å². The third-order valence-corrected chi connectivity index (χ3v) is 4.93. The van der Waals surface area contributed by atoms with Gasteiger partial charge >= 0.3 is 0 Å². The number of hydrogen-bond donors (Lipinski definition) is 3. The number of alkyl halides is 1. The van der Waals surface area contributed by atoms with Crippen LogP contribution in [0.5, 0.6) is 0 Å². The summed E-state index contributed by atoms with van der Waals surface area (Å²) >= 11 is 0. The molecule has 0 aliphatic rings. The minimum atomic E-state index is -1.20. The van der Waals surface area contributed by atoms with E-state index in [2.05, 4.69) is 26.0 Å². The Labute approximate surface area is 201 Å². The molecule has 11 heteroatoms. The average molecular weight is 480 g/mol. The second kappa shape index (κ2) is 11.5. The van der Waals surface area contributed by atoms with Gasteiger partial charge in [0.1, 0.15) is 12.5 Å². The number of amides is 1. The van der Waals surface area contributed by atoms with Crippen molar-refractivity contribution in [3.8, 4) is 0 Å². The van der Waals surface area contributed by atoms with Gasteiger partial charge in [-0.25, -0.2) is 13.9 Å². The fraction of sp³-hybridized carbons (Fsp3) is 0.208. The molecule has 1 amide bonds. The molecule has 2 aromatic heterocycles. The van der Waals surface area contributed by atoms with Gasteiger partial charge in [0.25, 0.3) is 5.91 Å². The van der Waals surface area contributed by atoms with Crippen molar-refractivity contribution in [1.29, 1.82) is 0 Å². The minimum absolute atomic E-state index is 0.125. The Morgan fingerprint density at radius 1 is 1.26 bits per heavy atom. The molecule has 0 fully saturated rings. The number of carbonyl (C=O) groups is 3. The average Bonchev–Trinajstić information content (AvgIpc) is 3.30. The molecular weight excluding hydrogens is 453 g/mol. The molecule has 35 heavy (non-hydrogen) atoms. The molecule has 0 saturated carbocycles. The number of benzene rings is 1. The zero-order valence-corrected chi connectivity index (χ0v) is 19.5. The van der Waals surface area contributed by atoms with Gasteiger partial charge in [0.2, 0.25) is 0 Å². The van der Waals surface area contributed by atoms with Gasteiger partial charge in [-0.1, -0.05) is 0 Å². The molecule has 1 atom stereocenters. The van der Waals surface area contributed by atoms with Crippen molar-refractivity contribution < 1.29 is 18.8 Å². The highest BCUT2D eigenvalue weighted by molar-refractivity contribution is 5.94. The molecule has 0 aliphatic carbocycles. The number of anilines is 3. The Morgan fingerprint density at radius 2 is 2.00 bits per heavy atom.